The van der Waals surface area contributed by atoms with E-state index in [4.69, 9.17) is 10.7 Å². The van der Waals surface area contributed by atoms with Gasteiger partial charge in [0.05, 0.1) is 12.0 Å². The summed E-state index contributed by atoms with van der Waals surface area (Å²) in [5.74, 6) is 2.25. The maximum absolute atomic E-state index is 5.50. The van der Waals surface area contributed by atoms with E-state index < -0.39 is 0 Å². The number of rotatable bonds is 6. The highest BCUT2D eigenvalue weighted by Crippen LogP contribution is 2.26. The first-order chi connectivity index (χ1) is 14.7. The lowest BCUT2D eigenvalue weighted by Gasteiger charge is -2.24. The highest BCUT2D eigenvalue weighted by atomic mass is 15.3. The molecule has 1 aromatic carbocycles. The van der Waals surface area contributed by atoms with Gasteiger partial charge in [-0.2, -0.15) is 9.97 Å². The van der Waals surface area contributed by atoms with Crippen LogP contribution in [0.5, 0.6) is 0 Å². The molecule has 30 heavy (non-hydrogen) atoms. The molecule has 154 valence electrons. The number of anilines is 3. The van der Waals surface area contributed by atoms with E-state index in [1.807, 2.05) is 48.3 Å². The third-order valence-corrected chi connectivity index (χ3v) is 4.93. The molecule has 0 bridgehead atoms. The van der Waals surface area contributed by atoms with Gasteiger partial charge in [-0.05, 0) is 32.0 Å². The molecule has 0 atom stereocenters. The molecule has 4 rings (SSSR count). The number of benzene rings is 1. The van der Waals surface area contributed by atoms with Crippen molar-refractivity contribution in [3.05, 3.63) is 48.7 Å². The fraction of sp³-hybridized carbons (Fsp3) is 0.286. The minimum Gasteiger partial charge on any atom is -0.390 e. The fourth-order valence-electron chi connectivity index (χ4n) is 3.33. The van der Waals surface area contributed by atoms with Crippen LogP contribution in [0.25, 0.3) is 11.3 Å². The highest BCUT2D eigenvalue weighted by Gasteiger charge is 2.16. The van der Waals surface area contributed by atoms with Crippen molar-refractivity contribution in [3.63, 3.8) is 0 Å². The lowest BCUT2D eigenvalue weighted by atomic mass is 10.1. The Bertz CT molecular complexity index is 1000. The van der Waals surface area contributed by atoms with E-state index >= 15 is 0 Å². The van der Waals surface area contributed by atoms with E-state index in [0.717, 1.165) is 37.2 Å². The van der Waals surface area contributed by atoms with Crippen LogP contribution in [-0.4, -0.2) is 52.5 Å². The first-order valence-electron chi connectivity index (χ1n) is 9.96. The Morgan fingerprint density at radius 3 is 2.70 bits per heavy atom. The van der Waals surface area contributed by atoms with Crippen molar-refractivity contribution in [1.29, 1.82) is 0 Å². The topological polar surface area (TPSA) is 117 Å². The lowest BCUT2D eigenvalue weighted by Crippen LogP contribution is -2.35. The van der Waals surface area contributed by atoms with E-state index in [2.05, 4.69) is 30.6 Å². The van der Waals surface area contributed by atoms with Crippen molar-refractivity contribution in [2.24, 2.45) is 10.7 Å². The van der Waals surface area contributed by atoms with Gasteiger partial charge in [0.15, 0.2) is 5.82 Å². The van der Waals surface area contributed by atoms with E-state index in [1.165, 1.54) is 6.34 Å². The van der Waals surface area contributed by atoms with Crippen LogP contribution in [-0.2, 0) is 0 Å². The second-order valence-corrected chi connectivity index (χ2v) is 7.02. The van der Waals surface area contributed by atoms with Gasteiger partial charge < -0.3 is 16.4 Å². The summed E-state index contributed by atoms with van der Waals surface area (Å²) in [6, 6.07) is 13.9. The Hall–Kier alpha value is -3.59. The molecule has 4 N–H and O–H groups in total. The van der Waals surface area contributed by atoms with Crippen LogP contribution in [0.4, 0.5) is 23.5 Å². The van der Waals surface area contributed by atoms with Crippen molar-refractivity contribution < 1.29 is 0 Å². The van der Waals surface area contributed by atoms with Crippen molar-refractivity contribution >= 4 is 29.9 Å². The van der Waals surface area contributed by atoms with Gasteiger partial charge in [-0.25, -0.2) is 15.0 Å². The van der Waals surface area contributed by atoms with Gasteiger partial charge >= 0.3 is 0 Å². The minimum atomic E-state index is 0.370. The molecule has 0 amide bonds. The fourth-order valence-corrected chi connectivity index (χ4v) is 3.33. The van der Waals surface area contributed by atoms with Crippen LogP contribution in [0.1, 0.15) is 12.8 Å². The maximum atomic E-state index is 5.50. The van der Waals surface area contributed by atoms with Crippen molar-refractivity contribution in [3.8, 4) is 11.3 Å². The largest absolute Gasteiger partial charge is 0.390 e. The lowest BCUT2D eigenvalue weighted by molar-refractivity contribution is 0.477. The number of nitrogens with zero attached hydrogens (tertiary/aromatic N) is 6. The summed E-state index contributed by atoms with van der Waals surface area (Å²) in [5, 5.41) is 6.79. The smallest absolute Gasteiger partial charge is 0.233 e. The molecule has 0 saturated carbocycles. The molecular weight excluding hydrogens is 378 g/mol. The minimum absolute atomic E-state index is 0.370. The average molecular weight is 403 g/mol. The zero-order valence-corrected chi connectivity index (χ0v) is 16.9. The number of aliphatic imine (C=N–C) groups is 1. The molecular formula is C21H25N9. The van der Waals surface area contributed by atoms with Crippen LogP contribution in [0.2, 0.25) is 0 Å². The molecule has 3 aromatic rings. The van der Waals surface area contributed by atoms with E-state index in [9.17, 15) is 0 Å². The summed E-state index contributed by atoms with van der Waals surface area (Å²) in [7, 11) is 1.87. The summed E-state index contributed by atoms with van der Waals surface area (Å²) in [4.78, 5) is 24.2. The second kappa shape index (κ2) is 9.27. The molecule has 0 unspecified atom stereocenters. The number of nitrogens with two attached hydrogens (primary N) is 1. The third-order valence-electron chi connectivity index (χ3n) is 4.93. The van der Waals surface area contributed by atoms with Gasteiger partial charge in [0, 0.05) is 30.9 Å². The molecule has 9 heteroatoms. The molecule has 1 aliphatic rings. The van der Waals surface area contributed by atoms with Crippen molar-refractivity contribution in [1.82, 2.24) is 25.3 Å². The zero-order valence-electron chi connectivity index (χ0n) is 16.9. The number of nitrogens with one attached hydrogen (secondary N) is 2. The SMILES string of the molecule is CN(c1ccnc(NC2CCNCC2)n1)c1nc(N=CN)cc(-c2ccccc2)n1. The third kappa shape index (κ3) is 4.69. The molecule has 9 nitrogen and oxygen atoms in total. The number of hydrogen-bond donors (Lipinski definition) is 3. The zero-order chi connectivity index (χ0) is 20.8. The van der Waals surface area contributed by atoms with Crippen LogP contribution in [0.15, 0.2) is 53.7 Å². The average Bonchev–Trinajstić information content (AvgIpc) is 2.80. The maximum Gasteiger partial charge on any atom is 0.233 e. The Labute approximate surface area is 175 Å². The first kappa shape index (κ1) is 19.7. The van der Waals surface area contributed by atoms with Crippen LogP contribution in [0, 0.1) is 0 Å². The van der Waals surface area contributed by atoms with E-state index in [-0.39, 0.29) is 0 Å². The predicted molar refractivity (Wildman–Crippen MR) is 119 cm³/mol. The quantitative estimate of drug-likeness (QED) is 0.424. The van der Waals surface area contributed by atoms with Crippen LogP contribution in [0.3, 0.4) is 0 Å². The van der Waals surface area contributed by atoms with Gasteiger partial charge in [0.1, 0.15) is 5.82 Å². The summed E-state index contributed by atoms with van der Waals surface area (Å²) in [5.41, 5.74) is 7.23. The van der Waals surface area contributed by atoms with E-state index in [1.54, 1.807) is 12.3 Å². The van der Waals surface area contributed by atoms with Crippen molar-refractivity contribution in [2.75, 3.05) is 30.4 Å². The Morgan fingerprint density at radius 2 is 1.93 bits per heavy atom. The second-order valence-electron chi connectivity index (χ2n) is 7.02. The standard InChI is InChI=1S/C21H25N9/c1-30(19-9-12-24-20(29-19)26-16-7-10-23-11-8-16)21-27-17(13-18(28-21)25-14-22)15-5-3-2-4-6-15/h2-6,9,12-14,16,23H,7-8,10-11H2,1H3,(H,24,26,29)(H2,22,25,27,28). The Kier molecular flexibility index (Phi) is 6.09. The Morgan fingerprint density at radius 1 is 1.13 bits per heavy atom. The van der Waals surface area contributed by atoms with E-state index in [0.29, 0.717) is 29.6 Å². The number of piperidine rings is 1. The first-order valence-corrected chi connectivity index (χ1v) is 9.96. The van der Waals surface area contributed by atoms with Gasteiger partial charge in [-0.15, -0.1) is 0 Å². The molecule has 1 fully saturated rings. The monoisotopic (exact) mass is 403 g/mol. The number of hydrogen-bond acceptors (Lipinski definition) is 8. The van der Waals surface area contributed by atoms with Crippen molar-refractivity contribution in [2.45, 2.75) is 18.9 Å². The number of aromatic nitrogens is 4. The van der Waals surface area contributed by atoms with Gasteiger partial charge in [0.25, 0.3) is 0 Å². The summed E-state index contributed by atoms with van der Waals surface area (Å²) >= 11 is 0. The normalized spacial score (nSPS) is 14.7. The van der Waals surface area contributed by atoms with Gasteiger partial charge in [0.2, 0.25) is 11.9 Å². The summed E-state index contributed by atoms with van der Waals surface area (Å²) < 4.78 is 0. The Balaban J connectivity index is 1.63. The molecule has 0 aliphatic carbocycles. The van der Waals surface area contributed by atoms with Crippen LogP contribution >= 0.6 is 0 Å². The molecule has 3 heterocycles. The molecule has 2 aromatic heterocycles. The molecule has 0 radical (unpaired) electrons. The predicted octanol–water partition coefficient (Wildman–Crippen LogP) is 2.48. The summed E-state index contributed by atoms with van der Waals surface area (Å²) in [6.45, 7) is 2.00. The highest BCUT2D eigenvalue weighted by molar-refractivity contribution is 5.67. The molecule has 1 aliphatic heterocycles. The van der Waals surface area contributed by atoms with Crippen LogP contribution < -0.4 is 21.3 Å². The molecule has 1 saturated heterocycles. The van der Waals surface area contributed by atoms with Gasteiger partial charge in [-0.1, -0.05) is 30.3 Å². The molecule has 0 spiro atoms. The summed E-state index contributed by atoms with van der Waals surface area (Å²) in [6.07, 6.45) is 5.06. The van der Waals surface area contributed by atoms with Gasteiger partial charge in [-0.3, -0.25) is 4.90 Å².